The van der Waals surface area contributed by atoms with E-state index in [1.54, 1.807) is 12.1 Å². The molecule has 1 aliphatic rings. The van der Waals surface area contributed by atoms with E-state index < -0.39 is 24.7 Å². The minimum atomic E-state index is -2.63. The van der Waals surface area contributed by atoms with Crippen LogP contribution < -0.4 is 15.5 Å². The van der Waals surface area contributed by atoms with Crippen molar-refractivity contribution in [3.05, 3.63) is 59.4 Å². The second kappa shape index (κ2) is 8.67. The van der Waals surface area contributed by atoms with Gasteiger partial charge in [-0.2, -0.15) is 0 Å². The molecule has 146 valence electrons. The molecule has 2 N–H and O–H groups in total. The average Bonchev–Trinajstić information content (AvgIpc) is 3.20. The summed E-state index contributed by atoms with van der Waals surface area (Å²) in [5.74, 6) is -1.96. The molecular weight excluding hydrogens is 363 g/mol. The Hall–Kier alpha value is -3.19. The van der Waals surface area contributed by atoms with Gasteiger partial charge in [-0.15, -0.1) is 0 Å². The highest BCUT2D eigenvalue weighted by atomic mass is 19.1. The molecule has 3 rings (SSSR count). The minimum absolute atomic E-state index is 0.0712. The number of benzene rings is 2. The summed E-state index contributed by atoms with van der Waals surface area (Å²) in [5, 5.41) is 2.39. The maximum absolute atomic E-state index is 14.8. The number of carbonyl (C=O) groups is 2. The van der Waals surface area contributed by atoms with Gasteiger partial charge in [-0.1, -0.05) is 18.2 Å². The number of hydrogen-bond acceptors (Lipinski definition) is 4. The molecule has 28 heavy (non-hydrogen) atoms. The number of halogens is 1. The van der Waals surface area contributed by atoms with E-state index in [0.29, 0.717) is 30.4 Å². The van der Waals surface area contributed by atoms with Crippen LogP contribution >= 0.6 is 0 Å². The molecule has 0 aromatic heterocycles. The second-order valence-corrected chi connectivity index (χ2v) is 6.14. The lowest BCUT2D eigenvalue weighted by Crippen LogP contribution is -2.25. The summed E-state index contributed by atoms with van der Waals surface area (Å²) in [6.45, 7) is 0. The van der Waals surface area contributed by atoms with Crippen molar-refractivity contribution in [2.75, 3.05) is 19.5 Å². The van der Waals surface area contributed by atoms with Crippen molar-refractivity contribution in [3.8, 4) is 16.9 Å². The van der Waals surface area contributed by atoms with Gasteiger partial charge in [-0.05, 0) is 54.6 Å². The summed E-state index contributed by atoms with van der Waals surface area (Å²) in [5.41, 5.74) is 3.08. The van der Waals surface area contributed by atoms with Gasteiger partial charge in [0.15, 0.2) is 0 Å². The maximum atomic E-state index is 14.8. The van der Waals surface area contributed by atoms with Gasteiger partial charge in [-0.3, -0.25) is 14.4 Å². The zero-order valence-electron chi connectivity index (χ0n) is 19.1. The van der Waals surface area contributed by atoms with Crippen LogP contribution in [0.15, 0.2) is 53.6 Å². The Balaban J connectivity index is 1.86. The lowest BCUT2D eigenvalue weighted by Gasteiger charge is -2.11. The highest BCUT2D eigenvalue weighted by Crippen LogP contribution is 2.30. The molecule has 2 amide bonds. The molecule has 7 heteroatoms. The molecule has 0 heterocycles. The van der Waals surface area contributed by atoms with Crippen molar-refractivity contribution in [1.82, 2.24) is 5.48 Å². The summed E-state index contributed by atoms with van der Waals surface area (Å²) >= 11 is 0. The van der Waals surface area contributed by atoms with Gasteiger partial charge >= 0.3 is 0 Å². The monoisotopic (exact) mass is 388 g/mol. The summed E-state index contributed by atoms with van der Waals surface area (Å²) in [4.78, 5) is 29.3. The number of carbonyl (C=O) groups excluding carboxylic acids is 2. The van der Waals surface area contributed by atoms with Gasteiger partial charge < -0.3 is 10.1 Å². The summed E-state index contributed by atoms with van der Waals surface area (Å²) in [6, 6.07) is 8.23. The first-order valence-corrected chi connectivity index (χ1v) is 8.55. The first kappa shape index (κ1) is 14.8. The normalized spacial score (nSPS) is 15.9. The number of rotatable bonds is 6. The fourth-order valence-electron chi connectivity index (χ4n) is 3.06. The van der Waals surface area contributed by atoms with Crippen LogP contribution in [0.4, 0.5) is 10.1 Å². The number of ether oxygens (including phenoxy) is 1. The van der Waals surface area contributed by atoms with Crippen LogP contribution in [-0.4, -0.2) is 26.0 Å². The molecule has 0 aliphatic heterocycles. The topological polar surface area (TPSA) is 76.7 Å². The molecule has 2 aromatic carbocycles. The summed E-state index contributed by atoms with van der Waals surface area (Å²) in [7, 11) is -1.35. The van der Waals surface area contributed by atoms with Gasteiger partial charge in [0.25, 0.3) is 11.8 Å². The molecule has 0 radical (unpaired) electrons. The summed E-state index contributed by atoms with van der Waals surface area (Å²) in [6.07, 6.45) is 1.34. The van der Waals surface area contributed by atoms with E-state index in [2.05, 4.69) is 15.6 Å². The molecule has 0 unspecified atom stereocenters. The van der Waals surface area contributed by atoms with Gasteiger partial charge in [0.1, 0.15) is 11.6 Å². The van der Waals surface area contributed by atoms with Gasteiger partial charge in [0.05, 0.1) is 25.3 Å². The van der Waals surface area contributed by atoms with Crippen molar-refractivity contribution in [1.29, 1.82) is 0 Å². The van der Waals surface area contributed by atoms with Crippen LogP contribution in [-0.2, 0) is 14.4 Å². The van der Waals surface area contributed by atoms with E-state index in [-0.39, 0.29) is 28.6 Å². The van der Waals surface area contributed by atoms with E-state index in [1.165, 1.54) is 25.3 Å². The minimum Gasteiger partial charge on any atom is -0.497 e. The third-order valence-electron chi connectivity index (χ3n) is 4.38. The Kier molecular flexibility index (Phi) is 4.59. The quantitative estimate of drug-likeness (QED) is 0.742. The van der Waals surface area contributed by atoms with E-state index in [9.17, 15) is 14.0 Å². The van der Waals surface area contributed by atoms with Crippen molar-refractivity contribution in [2.24, 2.45) is 0 Å². The Labute approximate surface area is 167 Å². The number of methoxy groups -OCH3 is 1. The van der Waals surface area contributed by atoms with Crippen molar-refractivity contribution < 1.29 is 29.0 Å². The first-order valence-electron chi connectivity index (χ1n) is 10.6. The summed E-state index contributed by atoms with van der Waals surface area (Å²) < 4.78 is 49.4. The van der Waals surface area contributed by atoms with Crippen molar-refractivity contribution >= 4 is 17.5 Å². The highest BCUT2D eigenvalue weighted by molar-refractivity contribution is 6.10. The van der Waals surface area contributed by atoms with Crippen LogP contribution in [0.1, 0.15) is 24.7 Å². The molecule has 1 aliphatic carbocycles. The molecule has 0 fully saturated rings. The number of hydroxylamine groups is 1. The molecule has 0 saturated heterocycles. The number of nitrogens with one attached hydrogen (secondary N) is 2. The van der Waals surface area contributed by atoms with Crippen LogP contribution in [0.25, 0.3) is 11.1 Å². The van der Waals surface area contributed by atoms with E-state index in [1.807, 2.05) is 0 Å². The van der Waals surface area contributed by atoms with E-state index >= 15 is 0 Å². The predicted octanol–water partition coefficient (Wildman–Crippen LogP) is 3.60. The Morgan fingerprint density at radius 3 is 2.61 bits per heavy atom. The number of amides is 2. The molecular formula is C21H21FN2O4. The second-order valence-electron chi connectivity index (χ2n) is 6.14. The van der Waals surface area contributed by atoms with Gasteiger partial charge in [0.2, 0.25) is 0 Å². The van der Waals surface area contributed by atoms with Crippen LogP contribution in [0.5, 0.6) is 5.75 Å². The highest BCUT2D eigenvalue weighted by Gasteiger charge is 2.26. The Morgan fingerprint density at radius 2 is 1.89 bits per heavy atom. The van der Waals surface area contributed by atoms with E-state index in [4.69, 9.17) is 10.2 Å². The lowest BCUT2D eigenvalue weighted by molar-refractivity contribution is -0.127. The largest absolute Gasteiger partial charge is 0.497 e. The van der Waals surface area contributed by atoms with Crippen LogP contribution in [0.2, 0.25) is 0 Å². The fourth-order valence-corrected chi connectivity index (χ4v) is 3.06. The maximum Gasteiger partial charge on any atom is 0.271 e. The van der Waals surface area contributed by atoms with Gasteiger partial charge in [0, 0.05) is 11.1 Å². The average molecular weight is 388 g/mol. The van der Waals surface area contributed by atoms with E-state index in [0.717, 1.165) is 6.07 Å². The molecule has 0 spiro atoms. The Morgan fingerprint density at radius 1 is 1.14 bits per heavy atom. The Bertz CT molecular complexity index is 1060. The van der Waals surface area contributed by atoms with Gasteiger partial charge in [-0.25, -0.2) is 9.87 Å². The molecule has 0 bridgehead atoms. The van der Waals surface area contributed by atoms with Crippen LogP contribution in [0.3, 0.4) is 0 Å². The zero-order chi connectivity index (χ0) is 23.5. The first-order chi connectivity index (χ1) is 15.1. The third kappa shape index (κ3) is 4.20. The molecule has 0 atom stereocenters. The fraction of sp³-hybridized carbons (Fsp3) is 0.238. The van der Waals surface area contributed by atoms with Crippen molar-refractivity contribution in [3.63, 3.8) is 0 Å². The number of anilines is 1. The number of hydrogen-bond donors (Lipinski definition) is 2. The predicted molar refractivity (Wildman–Crippen MR) is 103 cm³/mol. The standard InChI is InChI=1S/C21H21FN2O4/c1-27-15-6-3-5-13(11-15)14-9-10-19(18(22)12-14)23-20(25)16-7-4-8-17(16)21(26)24-28-2/h3,5-6,9-12H,4,7-8H2,1-2H3,(H,23,25)(H,24,26)/i1D3,10D. The smallest absolute Gasteiger partial charge is 0.271 e. The third-order valence-corrected chi connectivity index (χ3v) is 4.38. The lowest BCUT2D eigenvalue weighted by atomic mass is 10.0. The SMILES string of the molecule is [2H]c1cc(-c2cccc(OC([2H])([2H])[2H])c2)cc(F)c1NC(=O)C1=C(C(=O)NOC)CCC1. The molecule has 2 aromatic rings. The molecule has 0 saturated carbocycles. The van der Waals surface area contributed by atoms with Crippen LogP contribution in [0, 0.1) is 5.82 Å². The van der Waals surface area contributed by atoms with Crippen molar-refractivity contribution in [2.45, 2.75) is 19.3 Å². The molecule has 6 nitrogen and oxygen atoms in total. The zero-order valence-corrected chi connectivity index (χ0v) is 15.1.